The van der Waals surface area contributed by atoms with Crippen molar-refractivity contribution >= 4 is 28.5 Å². The second kappa shape index (κ2) is 9.90. The lowest BCUT2D eigenvalue weighted by Gasteiger charge is -2.31. The van der Waals surface area contributed by atoms with Gasteiger partial charge in [0, 0.05) is 35.8 Å². The van der Waals surface area contributed by atoms with Gasteiger partial charge in [0.15, 0.2) is 0 Å². The van der Waals surface area contributed by atoms with Crippen molar-refractivity contribution < 1.29 is 18.7 Å². The van der Waals surface area contributed by atoms with E-state index in [2.05, 4.69) is 10.3 Å². The molecule has 1 aliphatic heterocycles. The van der Waals surface area contributed by atoms with Gasteiger partial charge in [-0.1, -0.05) is 50.3 Å². The molecule has 0 bridgehead atoms. The number of hydrogen-bond donors (Lipinski definition) is 2. The highest BCUT2D eigenvalue weighted by atomic mass is 19.1. The number of aromatic amines is 1. The van der Waals surface area contributed by atoms with Crippen molar-refractivity contribution in [3.05, 3.63) is 77.7 Å². The molecule has 2 amide bonds. The number of nitrogens with one attached hydrogen (secondary N) is 2. The van der Waals surface area contributed by atoms with E-state index in [-0.39, 0.29) is 24.2 Å². The molecular weight excluding hydrogens is 421 g/mol. The Labute approximate surface area is 192 Å². The van der Waals surface area contributed by atoms with Crippen LogP contribution in [0.1, 0.15) is 31.4 Å². The van der Waals surface area contributed by atoms with Gasteiger partial charge < -0.3 is 19.9 Å². The van der Waals surface area contributed by atoms with Gasteiger partial charge in [-0.15, -0.1) is 0 Å². The summed E-state index contributed by atoms with van der Waals surface area (Å²) in [5.74, 6) is -0.492. The van der Waals surface area contributed by atoms with Crippen molar-refractivity contribution in [2.45, 2.75) is 32.9 Å². The number of rotatable bonds is 6. The predicted octanol–water partition coefficient (Wildman–Crippen LogP) is 4.87. The van der Waals surface area contributed by atoms with Crippen LogP contribution >= 0.6 is 0 Å². The van der Waals surface area contributed by atoms with Crippen LogP contribution in [-0.4, -0.2) is 41.0 Å². The summed E-state index contributed by atoms with van der Waals surface area (Å²) >= 11 is 0. The Morgan fingerprint density at radius 3 is 2.67 bits per heavy atom. The van der Waals surface area contributed by atoms with Crippen molar-refractivity contribution in [3.8, 4) is 0 Å². The van der Waals surface area contributed by atoms with E-state index in [1.54, 1.807) is 11.0 Å². The monoisotopic (exact) mass is 449 g/mol. The topological polar surface area (TPSA) is 74.4 Å². The Kier molecular flexibility index (Phi) is 6.77. The molecule has 3 aromatic rings. The third-order valence-corrected chi connectivity index (χ3v) is 5.93. The SMILES string of the molecule is CC(C)C(NC(=O)OCc1ccccc1)C(=O)N1CC=C(c2c[nH]c3cc(F)ccc23)CC1. The van der Waals surface area contributed by atoms with Gasteiger partial charge in [0.05, 0.1) is 0 Å². The largest absolute Gasteiger partial charge is 0.445 e. The first-order valence-corrected chi connectivity index (χ1v) is 11.1. The molecule has 0 spiro atoms. The number of H-pyrrole nitrogens is 1. The van der Waals surface area contributed by atoms with Gasteiger partial charge in [-0.2, -0.15) is 0 Å². The molecule has 0 aliphatic carbocycles. The van der Waals surface area contributed by atoms with Crippen LogP contribution in [-0.2, 0) is 16.1 Å². The summed E-state index contributed by atoms with van der Waals surface area (Å²) in [4.78, 5) is 30.4. The minimum atomic E-state index is -0.667. The number of aromatic nitrogens is 1. The second-order valence-corrected chi connectivity index (χ2v) is 8.58. The van der Waals surface area contributed by atoms with Gasteiger partial charge in [-0.25, -0.2) is 9.18 Å². The van der Waals surface area contributed by atoms with E-state index in [0.29, 0.717) is 19.5 Å². The van der Waals surface area contributed by atoms with Crippen LogP contribution in [0, 0.1) is 11.7 Å². The molecule has 172 valence electrons. The minimum Gasteiger partial charge on any atom is -0.445 e. The zero-order valence-corrected chi connectivity index (χ0v) is 18.8. The molecule has 1 aromatic heterocycles. The fourth-order valence-electron chi connectivity index (χ4n) is 4.08. The lowest BCUT2D eigenvalue weighted by Crippen LogP contribution is -2.52. The number of carbonyl (C=O) groups excluding carboxylic acids is 2. The van der Waals surface area contributed by atoms with Gasteiger partial charge in [0.2, 0.25) is 5.91 Å². The van der Waals surface area contributed by atoms with E-state index in [1.807, 2.05) is 56.5 Å². The quantitative estimate of drug-likeness (QED) is 0.564. The number of amides is 2. The molecule has 4 rings (SSSR count). The minimum absolute atomic E-state index is 0.0873. The molecule has 0 fully saturated rings. The summed E-state index contributed by atoms with van der Waals surface area (Å²) in [6.45, 7) is 4.94. The summed E-state index contributed by atoms with van der Waals surface area (Å²) in [5, 5.41) is 3.70. The Hall–Kier alpha value is -3.61. The van der Waals surface area contributed by atoms with Crippen LogP contribution in [0.3, 0.4) is 0 Å². The number of alkyl carbamates (subject to hydrolysis) is 1. The molecule has 1 atom stereocenters. The lowest BCUT2D eigenvalue weighted by atomic mass is 9.97. The summed E-state index contributed by atoms with van der Waals surface area (Å²) < 4.78 is 18.8. The molecular formula is C26H28FN3O3. The average Bonchev–Trinajstić information content (AvgIpc) is 3.24. The van der Waals surface area contributed by atoms with Crippen LogP contribution in [0.25, 0.3) is 16.5 Å². The summed E-state index contributed by atoms with van der Waals surface area (Å²) in [6, 6.07) is 13.4. The molecule has 1 unspecified atom stereocenters. The highest BCUT2D eigenvalue weighted by Gasteiger charge is 2.30. The zero-order chi connectivity index (χ0) is 23.4. The van der Waals surface area contributed by atoms with Gasteiger partial charge in [0.25, 0.3) is 0 Å². The molecule has 0 saturated heterocycles. The van der Waals surface area contributed by atoms with Gasteiger partial charge in [0.1, 0.15) is 18.5 Å². The Morgan fingerprint density at radius 1 is 1.18 bits per heavy atom. The van der Waals surface area contributed by atoms with Crippen LogP contribution in [0.4, 0.5) is 9.18 Å². The first-order chi connectivity index (χ1) is 15.9. The van der Waals surface area contributed by atoms with Crippen LogP contribution < -0.4 is 5.32 Å². The third kappa shape index (κ3) is 5.25. The number of carbonyl (C=O) groups is 2. The van der Waals surface area contributed by atoms with Gasteiger partial charge in [-0.05, 0) is 41.7 Å². The lowest BCUT2D eigenvalue weighted by molar-refractivity contribution is -0.134. The van der Waals surface area contributed by atoms with Crippen molar-refractivity contribution in [3.63, 3.8) is 0 Å². The molecule has 1 aliphatic rings. The third-order valence-electron chi connectivity index (χ3n) is 5.93. The van der Waals surface area contributed by atoms with E-state index in [4.69, 9.17) is 4.74 Å². The van der Waals surface area contributed by atoms with Gasteiger partial charge >= 0.3 is 6.09 Å². The van der Waals surface area contributed by atoms with Crippen LogP contribution in [0.15, 0.2) is 60.8 Å². The zero-order valence-electron chi connectivity index (χ0n) is 18.8. The van der Waals surface area contributed by atoms with Crippen molar-refractivity contribution in [2.24, 2.45) is 5.92 Å². The van der Waals surface area contributed by atoms with E-state index in [1.165, 1.54) is 12.1 Å². The average molecular weight is 450 g/mol. The number of fused-ring (bicyclic) bond motifs is 1. The molecule has 6 nitrogen and oxygen atoms in total. The normalized spacial score (nSPS) is 14.8. The molecule has 2 aromatic carbocycles. The van der Waals surface area contributed by atoms with E-state index in [9.17, 15) is 14.0 Å². The first-order valence-electron chi connectivity index (χ1n) is 11.1. The molecule has 2 heterocycles. The molecule has 0 radical (unpaired) electrons. The predicted molar refractivity (Wildman–Crippen MR) is 126 cm³/mol. The maximum atomic E-state index is 13.5. The number of nitrogens with zero attached hydrogens (tertiary/aromatic N) is 1. The molecule has 2 N–H and O–H groups in total. The maximum Gasteiger partial charge on any atom is 0.408 e. The molecule has 0 saturated carbocycles. The first kappa shape index (κ1) is 22.6. The number of hydrogen-bond acceptors (Lipinski definition) is 3. The standard InChI is InChI=1S/C26H28FN3O3/c1-17(2)24(29-26(32)33-16-18-6-4-3-5-7-18)25(31)30-12-10-19(11-13-30)22-15-28-23-14-20(27)8-9-21(22)23/h3-10,14-15,17,24,28H,11-13,16H2,1-2H3,(H,29,32). The van der Waals surface area contributed by atoms with Crippen molar-refractivity contribution in [2.75, 3.05) is 13.1 Å². The fraction of sp³-hybridized carbons (Fsp3) is 0.308. The maximum absolute atomic E-state index is 13.5. The van der Waals surface area contributed by atoms with E-state index in [0.717, 1.165) is 27.6 Å². The van der Waals surface area contributed by atoms with Crippen molar-refractivity contribution in [1.29, 1.82) is 0 Å². The summed E-state index contributed by atoms with van der Waals surface area (Å²) in [7, 11) is 0. The Bertz CT molecular complexity index is 1170. The van der Waals surface area contributed by atoms with E-state index >= 15 is 0 Å². The Morgan fingerprint density at radius 2 is 1.97 bits per heavy atom. The second-order valence-electron chi connectivity index (χ2n) is 8.58. The molecule has 33 heavy (non-hydrogen) atoms. The summed E-state index contributed by atoms with van der Waals surface area (Å²) in [6.07, 6.45) is 3.98. The fourth-order valence-corrected chi connectivity index (χ4v) is 4.08. The van der Waals surface area contributed by atoms with Crippen molar-refractivity contribution in [1.82, 2.24) is 15.2 Å². The number of benzene rings is 2. The smallest absolute Gasteiger partial charge is 0.408 e. The van der Waals surface area contributed by atoms with Crippen LogP contribution in [0.5, 0.6) is 0 Å². The van der Waals surface area contributed by atoms with Gasteiger partial charge in [-0.3, -0.25) is 4.79 Å². The Balaban J connectivity index is 1.38. The summed E-state index contributed by atoms with van der Waals surface area (Å²) in [5.41, 5.74) is 3.78. The van der Waals surface area contributed by atoms with E-state index < -0.39 is 12.1 Å². The number of halogens is 1. The molecule has 7 heteroatoms. The van der Waals surface area contributed by atoms with Crippen LogP contribution in [0.2, 0.25) is 0 Å². The highest BCUT2D eigenvalue weighted by molar-refractivity contribution is 5.93. The number of ether oxygens (including phenoxy) is 1. The highest BCUT2D eigenvalue weighted by Crippen LogP contribution is 2.30.